The molecule has 0 spiro atoms. The molecule has 0 radical (unpaired) electrons. The van der Waals surface area contributed by atoms with Crippen LogP contribution in [0.15, 0.2) is 18.2 Å². The molecular weight excluding hydrogens is 235 g/mol. The number of nitrogens with zero attached hydrogens (tertiary/aromatic N) is 1. The van der Waals surface area contributed by atoms with Crippen LogP contribution in [0.25, 0.3) is 0 Å². The van der Waals surface area contributed by atoms with Crippen molar-refractivity contribution in [2.24, 2.45) is 0 Å². The number of benzene rings is 1. The van der Waals surface area contributed by atoms with Crippen LogP contribution in [0.1, 0.15) is 25.3 Å². The average molecular weight is 248 g/mol. The number of carbonyl (C=O) groups excluding carboxylic acids is 1. The Morgan fingerprint density at radius 1 is 1.56 bits per heavy atom. The van der Waals surface area contributed by atoms with E-state index >= 15 is 0 Å². The predicted octanol–water partition coefficient (Wildman–Crippen LogP) is 2.20. The number of hydrogen-bond donors (Lipinski definition) is 1. The number of rotatable bonds is 2. The second-order valence-electron chi connectivity index (χ2n) is 4.28. The Morgan fingerprint density at radius 2 is 2.33 bits per heavy atom. The summed E-state index contributed by atoms with van der Waals surface area (Å²) < 4.78 is 18.7. The van der Waals surface area contributed by atoms with E-state index < -0.39 is 11.9 Å². The molecule has 0 saturated carbocycles. The van der Waals surface area contributed by atoms with Gasteiger partial charge in [0.2, 0.25) is 0 Å². The first-order valence-electron chi connectivity index (χ1n) is 5.76. The van der Waals surface area contributed by atoms with Gasteiger partial charge in [0.05, 0.1) is 11.8 Å². The summed E-state index contributed by atoms with van der Waals surface area (Å²) in [5.41, 5.74) is 0.0301. The van der Waals surface area contributed by atoms with Crippen molar-refractivity contribution < 1.29 is 13.9 Å². The van der Waals surface area contributed by atoms with E-state index in [9.17, 15) is 9.18 Å². The molecule has 1 heterocycles. The van der Waals surface area contributed by atoms with E-state index in [1.807, 2.05) is 6.92 Å². The number of hydrogen-bond acceptors (Lipinski definition) is 3. The number of halogens is 1. The summed E-state index contributed by atoms with van der Waals surface area (Å²) in [5.74, 6) is -0.975. The van der Waals surface area contributed by atoms with Gasteiger partial charge in [-0.25, -0.2) is 4.39 Å². The quantitative estimate of drug-likeness (QED) is 0.872. The second kappa shape index (κ2) is 5.15. The number of nitrogens with one attached hydrogen (secondary N) is 1. The number of amides is 1. The minimum atomic E-state index is -0.643. The molecule has 0 aromatic heterocycles. The van der Waals surface area contributed by atoms with E-state index in [2.05, 4.69) is 5.32 Å². The summed E-state index contributed by atoms with van der Waals surface area (Å²) in [6, 6.07) is 5.87. The summed E-state index contributed by atoms with van der Waals surface area (Å²) in [4.78, 5) is 11.9. The van der Waals surface area contributed by atoms with Gasteiger partial charge in [0.15, 0.2) is 0 Å². The van der Waals surface area contributed by atoms with Crippen molar-refractivity contribution in [3.05, 3.63) is 29.6 Å². The molecule has 1 aromatic carbocycles. The molecule has 1 saturated heterocycles. The standard InChI is InChI=1S/C13H13FN2O2/c1-8-5-6-12(18-8)13(17)16-11-4-2-3-10(14)9(11)7-15/h2-4,8,12H,5-6H2,1H3,(H,16,17). The van der Waals surface area contributed by atoms with Crippen LogP contribution in [0.3, 0.4) is 0 Å². The van der Waals surface area contributed by atoms with Crippen LogP contribution in [0.4, 0.5) is 10.1 Å². The van der Waals surface area contributed by atoms with Crippen LogP contribution >= 0.6 is 0 Å². The number of ether oxygens (including phenoxy) is 1. The Balaban J connectivity index is 2.13. The second-order valence-corrected chi connectivity index (χ2v) is 4.28. The third-order valence-corrected chi connectivity index (χ3v) is 2.91. The molecule has 1 aliphatic rings. The molecular formula is C13H13FN2O2. The van der Waals surface area contributed by atoms with Crippen molar-refractivity contribution in [1.29, 1.82) is 5.26 Å². The summed E-state index contributed by atoms with van der Waals surface area (Å²) in [5, 5.41) is 11.4. The smallest absolute Gasteiger partial charge is 0.253 e. The maximum absolute atomic E-state index is 13.3. The van der Waals surface area contributed by atoms with E-state index in [0.717, 1.165) is 6.42 Å². The molecule has 1 aromatic rings. The molecule has 1 aliphatic heterocycles. The van der Waals surface area contributed by atoms with Crippen molar-refractivity contribution in [3.63, 3.8) is 0 Å². The first-order chi connectivity index (χ1) is 8.61. The summed E-state index contributed by atoms with van der Waals surface area (Å²) >= 11 is 0. The lowest BCUT2D eigenvalue weighted by Gasteiger charge is -2.12. The highest BCUT2D eigenvalue weighted by Crippen LogP contribution is 2.22. The predicted molar refractivity (Wildman–Crippen MR) is 63.3 cm³/mol. The SMILES string of the molecule is CC1CCC(C(=O)Nc2cccc(F)c2C#N)O1. The third kappa shape index (κ3) is 2.49. The van der Waals surface area contributed by atoms with Crippen LogP contribution in [0.5, 0.6) is 0 Å². The zero-order valence-electron chi connectivity index (χ0n) is 9.94. The lowest BCUT2D eigenvalue weighted by Crippen LogP contribution is -2.28. The van der Waals surface area contributed by atoms with Crippen molar-refractivity contribution in [3.8, 4) is 6.07 Å². The molecule has 1 amide bonds. The lowest BCUT2D eigenvalue weighted by atomic mass is 10.1. The van der Waals surface area contributed by atoms with Crippen LogP contribution in [-0.2, 0) is 9.53 Å². The molecule has 2 rings (SSSR count). The maximum atomic E-state index is 13.3. The van der Waals surface area contributed by atoms with Crippen molar-refractivity contribution >= 4 is 11.6 Å². The molecule has 0 bridgehead atoms. The largest absolute Gasteiger partial charge is 0.365 e. The van der Waals surface area contributed by atoms with Gasteiger partial charge in [0.1, 0.15) is 23.6 Å². The molecule has 5 heteroatoms. The topological polar surface area (TPSA) is 62.1 Å². The van der Waals surface area contributed by atoms with Gasteiger partial charge < -0.3 is 10.1 Å². The molecule has 94 valence electrons. The minimum absolute atomic E-state index is 0.0590. The highest BCUT2D eigenvalue weighted by molar-refractivity contribution is 5.95. The Bertz CT molecular complexity index is 510. The normalized spacial score (nSPS) is 22.5. The number of carbonyl (C=O) groups is 1. The Hall–Kier alpha value is -1.93. The molecule has 0 aliphatic carbocycles. The monoisotopic (exact) mass is 248 g/mol. The number of nitriles is 1. The van der Waals surface area contributed by atoms with E-state index in [1.54, 1.807) is 6.07 Å². The first-order valence-corrected chi connectivity index (χ1v) is 5.76. The van der Waals surface area contributed by atoms with Crippen molar-refractivity contribution in [2.45, 2.75) is 32.0 Å². The van der Waals surface area contributed by atoms with Crippen LogP contribution in [0.2, 0.25) is 0 Å². The molecule has 2 unspecified atom stereocenters. The fourth-order valence-corrected chi connectivity index (χ4v) is 1.95. The highest BCUT2D eigenvalue weighted by Gasteiger charge is 2.28. The van der Waals surface area contributed by atoms with Gasteiger partial charge in [-0.1, -0.05) is 6.07 Å². The van der Waals surface area contributed by atoms with E-state index in [-0.39, 0.29) is 23.3 Å². The highest BCUT2D eigenvalue weighted by atomic mass is 19.1. The Labute approximate surface area is 104 Å². The maximum Gasteiger partial charge on any atom is 0.253 e. The van der Waals surface area contributed by atoms with Crippen LogP contribution in [0, 0.1) is 17.1 Å². The van der Waals surface area contributed by atoms with Gasteiger partial charge in [0, 0.05) is 0 Å². The van der Waals surface area contributed by atoms with Crippen LogP contribution in [-0.4, -0.2) is 18.1 Å². The van der Waals surface area contributed by atoms with Crippen molar-refractivity contribution in [2.75, 3.05) is 5.32 Å². The zero-order chi connectivity index (χ0) is 13.1. The van der Waals surface area contributed by atoms with Gasteiger partial charge in [0.25, 0.3) is 5.91 Å². The van der Waals surface area contributed by atoms with Gasteiger partial charge in [-0.15, -0.1) is 0 Å². The van der Waals surface area contributed by atoms with Gasteiger partial charge >= 0.3 is 0 Å². The molecule has 18 heavy (non-hydrogen) atoms. The van der Waals surface area contributed by atoms with Gasteiger partial charge in [-0.3, -0.25) is 4.79 Å². The molecule has 2 atom stereocenters. The van der Waals surface area contributed by atoms with E-state index in [4.69, 9.17) is 10.00 Å². The summed E-state index contributed by atoms with van der Waals surface area (Å²) in [6.45, 7) is 1.90. The summed E-state index contributed by atoms with van der Waals surface area (Å²) in [6.07, 6.45) is 1.01. The molecule has 1 fully saturated rings. The van der Waals surface area contributed by atoms with Gasteiger partial charge in [-0.2, -0.15) is 5.26 Å². The molecule has 1 N–H and O–H groups in total. The van der Waals surface area contributed by atoms with E-state index in [0.29, 0.717) is 6.42 Å². The van der Waals surface area contributed by atoms with Crippen LogP contribution < -0.4 is 5.32 Å². The fourth-order valence-electron chi connectivity index (χ4n) is 1.95. The number of anilines is 1. The average Bonchev–Trinajstić information content (AvgIpc) is 2.76. The minimum Gasteiger partial charge on any atom is -0.365 e. The fraction of sp³-hybridized carbons (Fsp3) is 0.385. The zero-order valence-corrected chi connectivity index (χ0v) is 9.94. The Morgan fingerprint density at radius 3 is 2.94 bits per heavy atom. The molecule has 4 nitrogen and oxygen atoms in total. The lowest BCUT2D eigenvalue weighted by molar-refractivity contribution is -0.126. The van der Waals surface area contributed by atoms with E-state index in [1.165, 1.54) is 18.2 Å². The summed E-state index contributed by atoms with van der Waals surface area (Å²) in [7, 11) is 0. The first kappa shape index (κ1) is 12.5. The Kier molecular flexibility index (Phi) is 3.58. The third-order valence-electron chi connectivity index (χ3n) is 2.91. The van der Waals surface area contributed by atoms with Crippen molar-refractivity contribution in [1.82, 2.24) is 0 Å². The van der Waals surface area contributed by atoms with Gasteiger partial charge in [-0.05, 0) is 31.9 Å².